The molecule has 0 saturated carbocycles. The Morgan fingerprint density at radius 2 is 2.00 bits per heavy atom. The van der Waals surface area contributed by atoms with Gasteiger partial charge in [-0.2, -0.15) is 0 Å². The van der Waals surface area contributed by atoms with Gasteiger partial charge in [-0.3, -0.25) is 0 Å². The third-order valence-electron chi connectivity index (χ3n) is 4.00. The van der Waals surface area contributed by atoms with Crippen LogP contribution in [0.5, 0.6) is 0 Å². The van der Waals surface area contributed by atoms with Crippen molar-refractivity contribution < 1.29 is 0 Å². The molecule has 0 unspecified atom stereocenters. The molecule has 3 rings (SSSR count). The van der Waals surface area contributed by atoms with Crippen molar-refractivity contribution in [2.75, 3.05) is 0 Å². The van der Waals surface area contributed by atoms with Crippen molar-refractivity contribution in [3.8, 4) is 11.3 Å². The van der Waals surface area contributed by atoms with Gasteiger partial charge < -0.3 is 10.3 Å². The molecule has 2 heterocycles. The van der Waals surface area contributed by atoms with Gasteiger partial charge in [0.25, 0.3) is 0 Å². The van der Waals surface area contributed by atoms with Crippen molar-refractivity contribution in [1.82, 2.24) is 9.55 Å². The molecule has 0 spiro atoms. The highest BCUT2D eigenvalue weighted by molar-refractivity contribution is 5.63. The molecular formula is C17H23N3. The quantitative estimate of drug-likeness (QED) is 0.926. The van der Waals surface area contributed by atoms with E-state index in [1.807, 2.05) is 0 Å². The topological polar surface area (TPSA) is 43.8 Å². The molecular weight excluding hydrogens is 246 g/mol. The average molecular weight is 269 g/mol. The molecule has 1 aliphatic heterocycles. The van der Waals surface area contributed by atoms with Gasteiger partial charge in [0.2, 0.25) is 0 Å². The largest absolute Gasteiger partial charge is 0.330 e. The van der Waals surface area contributed by atoms with Crippen LogP contribution in [0.2, 0.25) is 0 Å². The molecule has 0 radical (unpaired) electrons. The third kappa shape index (κ3) is 2.38. The van der Waals surface area contributed by atoms with Crippen LogP contribution in [0.15, 0.2) is 24.3 Å². The van der Waals surface area contributed by atoms with Gasteiger partial charge >= 0.3 is 0 Å². The Bertz CT molecular complexity index is 593. The van der Waals surface area contributed by atoms with Crippen molar-refractivity contribution >= 4 is 0 Å². The minimum absolute atomic E-state index is 0.526. The van der Waals surface area contributed by atoms with Crippen LogP contribution in [0, 0.1) is 5.92 Å². The van der Waals surface area contributed by atoms with E-state index in [-0.39, 0.29) is 0 Å². The third-order valence-corrected chi connectivity index (χ3v) is 4.00. The van der Waals surface area contributed by atoms with Crippen LogP contribution in [-0.2, 0) is 25.9 Å². The van der Waals surface area contributed by atoms with Gasteiger partial charge in [-0.05, 0) is 30.7 Å². The summed E-state index contributed by atoms with van der Waals surface area (Å²) < 4.78 is 2.30. The fourth-order valence-electron chi connectivity index (χ4n) is 3.12. The van der Waals surface area contributed by atoms with Crippen molar-refractivity contribution in [1.29, 1.82) is 0 Å². The second-order valence-corrected chi connectivity index (χ2v) is 6.08. The average Bonchev–Trinajstić information content (AvgIpc) is 3.00. The molecule has 0 fully saturated rings. The first-order chi connectivity index (χ1) is 9.69. The number of aromatic nitrogens is 2. The highest BCUT2D eigenvalue weighted by Crippen LogP contribution is 2.29. The van der Waals surface area contributed by atoms with Crippen LogP contribution in [0.1, 0.15) is 37.4 Å². The van der Waals surface area contributed by atoms with E-state index in [1.54, 1.807) is 0 Å². The predicted molar refractivity (Wildman–Crippen MR) is 82.4 cm³/mol. The Labute approximate surface area is 120 Å². The second-order valence-electron chi connectivity index (χ2n) is 6.08. The smallest absolute Gasteiger partial charge is 0.123 e. The summed E-state index contributed by atoms with van der Waals surface area (Å²) in [5.74, 6) is 1.72. The molecule has 0 saturated heterocycles. The summed E-state index contributed by atoms with van der Waals surface area (Å²) in [6.45, 7) is 6.10. The lowest BCUT2D eigenvalue weighted by atomic mass is 10.0. The van der Waals surface area contributed by atoms with Crippen LogP contribution >= 0.6 is 0 Å². The predicted octanol–water partition coefficient (Wildman–Crippen LogP) is 3.15. The first-order valence-electron chi connectivity index (χ1n) is 7.56. The van der Waals surface area contributed by atoms with E-state index < -0.39 is 0 Å². The van der Waals surface area contributed by atoms with Gasteiger partial charge in [0.05, 0.1) is 12.2 Å². The van der Waals surface area contributed by atoms with E-state index in [4.69, 9.17) is 10.7 Å². The minimum Gasteiger partial charge on any atom is -0.330 e. The zero-order valence-corrected chi connectivity index (χ0v) is 12.4. The van der Waals surface area contributed by atoms with Crippen molar-refractivity contribution in [3.63, 3.8) is 0 Å². The molecule has 0 aliphatic carbocycles. The number of imidazole rings is 1. The number of hydrogen-bond donors (Lipinski definition) is 1. The van der Waals surface area contributed by atoms with Gasteiger partial charge in [0.1, 0.15) is 5.82 Å². The van der Waals surface area contributed by atoms with E-state index >= 15 is 0 Å². The van der Waals surface area contributed by atoms with Gasteiger partial charge in [-0.15, -0.1) is 0 Å². The highest BCUT2D eigenvalue weighted by atomic mass is 15.1. The van der Waals surface area contributed by atoms with Gasteiger partial charge in [-0.25, -0.2) is 4.98 Å². The normalized spacial score (nSPS) is 14.0. The van der Waals surface area contributed by atoms with Crippen LogP contribution in [0.4, 0.5) is 0 Å². The molecule has 0 atom stereocenters. The van der Waals surface area contributed by atoms with Crippen LogP contribution in [-0.4, -0.2) is 9.55 Å². The Balaban J connectivity index is 1.93. The fraction of sp³-hybridized carbons (Fsp3) is 0.471. The summed E-state index contributed by atoms with van der Waals surface area (Å²) in [6.07, 6.45) is 3.47. The lowest BCUT2D eigenvalue weighted by Crippen LogP contribution is -2.06. The molecule has 2 aromatic rings. The standard InChI is InChI=1S/C17H23N3/c1-12(2)10-13-5-7-14(8-6-13)17-15-4-3-9-20(15)16(11-18)19-17/h5-8,12H,3-4,9-11,18H2,1-2H3. The second kappa shape index (κ2) is 5.41. The number of fused-ring (bicyclic) bond motifs is 1. The molecule has 2 N–H and O–H groups in total. The molecule has 0 bridgehead atoms. The van der Waals surface area contributed by atoms with Gasteiger partial charge in [-0.1, -0.05) is 38.1 Å². The summed E-state index contributed by atoms with van der Waals surface area (Å²) in [5.41, 5.74) is 10.9. The summed E-state index contributed by atoms with van der Waals surface area (Å²) in [5, 5.41) is 0. The Morgan fingerprint density at radius 3 is 2.65 bits per heavy atom. The fourth-order valence-corrected chi connectivity index (χ4v) is 3.12. The number of nitrogens with two attached hydrogens (primary N) is 1. The zero-order valence-electron chi connectivity index (χ0n) is 12.4. The van der Waals surface area contributed by atoms with E-state index in [9.17, 15) is 0 Å². The number of rotatable bonds is 4. The molecule has 1 aliphatic rings. The summed E-state index contributed by atoms with van der Waals surface area (Å²) in [6, 6.07) is 8.88. The maximum Gasteiger partial charge on any atom is 0.123 e. The Hall–Kier alpha value is -1.61. The molecule has 3 nitrogen and oxygen atoms in total. The maximum absolute atomic E-state index is 5.81. The number of nitrogens with zero attached hydrogens (tertiary/aromatic N) is 2. The molecule has 3 heteroatoms. The monoisotopic (exact) mass is 269 g/mol. The first kappa shape index (κ1) is 13.4. The lowest BCUT2D eigenvalue weighted by Gasteiger charge is -2.06. The first-order valence-corrected chi connectivity index (χ1v) is 7.56. The molecule has 106 valence electrons. The Kier molecular flexibility index (Phi) is 3.62. The van der Waals surface area contributed by atoms with Crippen LogP contribution in [0.3, 0.4) is 0 Å². The van der Waals surface area contributed by atoms with Crippen LogP contribution in [0.25, 0.3) is 11.3 Å². The van der Waals surface area contributed by atoms with E-state index in [1.165, 1.54) is 23.2 Å². The van der Waals surface area contributed by atoms with Crippen molar-refractivity contribution in [2.24, 2.45) is 11.7 Å². The van der Waals surface area contributed by atoms with E-state index in [0.717, 1.165) is 30.9 Å². The summed E-state index contributed by atoms with van der Waals surface area (Å²) >= 11 is 0. The van der Waals surface area contributed by atoms with Gasteiger partial charge in [0.15, 0.2) is 0 Å². The Morgan fingerprint density at radius 1 is 1.25 bits per heavy atom. The van der Waals surface area contributed by atoms with Crippen molar-refractivity contribution in [3.05, 3.63) is 41.3 Å². The van der Waals surface area contributed by atoms with E-state index in [2.05, 4.69) is 42.7 Å². The molecule has 1 aromatic heterocycles. The number of hydrogen-bond acceptors (Lipinski definition) is 2. The van der Waals surface area contributed by atoms with Gasteiger partial charge in [0, 0.05) is 17.8 Å². The molecule has 0 amide bonds. The molecule has 1 aromatic carbocycles. The maximum atomic E-state index is 5.81. The summed E-state index contributed by atoms with van der Waals surface area (Å²) in [4.78, 5) is 4.75. The van der Waals surface area contributed by atoms with E-state index in [0.29, 0.717) is 12.5 Å². The van der Waals surface area contributed by atoms with Crippen LogP contribution < -0.4 is 5.73 Å². The SMILES string of the molecule is CC(C)Cc1ccc(-c2nc(CN)n3c2CCC3)cc1. The lowest BCUT2D eigenvalue weighted by molar-refractivity contribution is 0.647. The minimum atomic E-state index is 0.526. The number of benzene rings is 1. The zero-order chi connectivity index (χ0) is 14.1. The molecule has 20 heavy (non-hydrogen) atoms. The van der Waals surface area contributed by atoms with Crippen molar-refractivity contribution in [2.45, 2.75) is 46.2 Å². The highest BCUT2D eigenvalue weighted by Gasteiger charge is 2.21. The summed E-state index contributed by atoms with van der Waals surface area (Å²) in [7, 11) is 0.